The molecule has 0 aliphatic carbocycles. The number of rotatable bonds is 3. The van der Waals surface area contributed by atoms with E-state index in [0.717, 1.165) is 22.0 Å². The van der Waals surface area contributed by atoms with Gasteiger partial charge in [-0.05, 0) is 24.3 Å². The average Bonchev–Trinajstić information content (AvgIpc) is 2.86. The van der Waals surface area contributed by atoms with E-state index in [1.807, 2.05) is 54.6 Å². The maximum atomic E-state index is 11.4. The maximum Gasteiger partial charge on any atom is 0.155 e. The molecule has 5 heteroatoms. The Hall–Kier alpha value is -1.91. The Morgan fingerprint density at radius 2 is 1.71 bits per heavy atom. The third-order valence-electron chi connectivity index (χ3n) is 3.10. The third kappa shape index (κ3) is 2.64. The van der Waals surface area contributed by atoms with Gasteiger partial charge in [0.1, 0.15) is 10.8 Å². The number of aldehydes is 1. The van der Waals surface area contributed by atoms with Crippen LogP contribution in [-0.2, 0) is 0 Å². The van der Waals surface area contributed by atoms with Crippen molar-refractivity contribution in [3.8, 4) is 16.9 Å². The van der Waals surface area contributed by atoms with E-state index in [1.54, 1.807) is 4.68 Å². The number of halogens is 2. The van der Waals surface area contributed by atoms with Crippen LogP contribution in [-0.4, -0.2) is 16.1 Å². The minimum Gasteiger partial charge on any atom is -0.298 e. The van der Waals surface area contributed by atoms with Crippen LogP contribution < -0.4 is 0 Å². The minimum atomic E-state index is 0.311. The van der Waals surface area contributed by atoms with Crippen molar-refractivity contribution in [2.45, 2.75) is 0 Å². The second-order valence-electron chi connectivity index (χ2n) is 4.43. The van der Waals surface area contributed by atoms with Crippen LogP contribution in [0.25, 0.3) is 16.9 Å². The van der Waals surface area contributed by atoms with Gasteiger partial charge in [-0.3, -0.25) is 4.79 Å². The van der Waals surface area contributed by atoms with Crippen LogP contribution in [0.3, 0.4) is 0 Å². The molecular formula is C16H10BrClN2O. The molecule has 21 heavy (non-hydrogen) atoms. The largest absolute Gasteiger partial charge is 0.298 e. The van der Waals surface area contributed by atoms with Crippen molar-refractivity contribution in [1.82, 2.24) is 9.78 Å². The molecule has 0 saturated heterocycles. The van der Waals surface area contributed by atoms with E-state index < -0.39 is 0 Å². The fourth-order valence-corrected chi connectivity index (χ4v) is 2.61. The zero-order chi connectivity index (χ0) is 14.8. The van der Waals surface area contributed by atoms with Gasteiger partial charge in [-0.1, -0.05) is 57.9 Å². The number of carbonyl (C=O) groups excluding carboxylic acids is 1. The predicted octanol–water partition coefficient (Wildman–Crippen LogP) is 4.77. The van der Waals surface area contributed by atoms with E-state index in [2.05, 4.69) is 21.0 Å². The molecule has 0 aliphatic heterocycles. The van der Waals surface area contributed by atoms with Gasteiger partial charge in [0, 0.05) is 10.0 Å². The summed E-state index contributed by atoms with van der Waals surface area (Å²) in [4.78, 5) is 11.4. The lowest BCUT2D eigenvalue weighted by Gasteiger charge is -2.02. The van der Waals surface area contributed by atoms with E-state index in [-0.39, 0.29) is 0 Å². The standard InChI is InChI=1S/C16H10BrClN2O/c17-12-6-8-13(9-7-12)20-16(18)14(10-21)15(19-20)11-4-2-1-3-5-11/h1-10H. The summed E-state index contributed by atoms with van der Waals surface area (Å²) in [5, 5.41) is 4.80. The highest BCUT2D eigenvalue weighted by Crippen LogP contribution is 2.29. The quantitative estimate of drug-likeness (QED) is 0.630. The van der Waals surface area contributed by atoms with Crippen LogP contribution in [0.1, 0.15) is 10.4 Å². The maximum absolute atomic E-state index is 11.4. The van der Waals surface area contributed by atoms with Crippen LogP contribution in [0.2, 0.25) is 5.15 Å². The molecule has 0 bridgehead atoms. The first kappa shape index (κ1) is 14.0. The van der Waals surface area contributed by atoms with Crippen LogP contribution in [0.15, 0.2) is 59.1 Å². The average molecular weight is 362 g/mol. The molecule has 0 N–H and O–H groups in total. The highest BCUT2D eigenvalue weighted by atomic mass is 79.9. The van der Waals surface area contributed by atoms with Gasteiger partial charge in [0.2, 0.25) is 0 Å². The van der Waals surface area contributed by atoms with Gasteiger partial charge in [0.15, 0.2) is 6.29 Å². The van der Waals surface area contributed by atoms with Crippen LogP contribution in [0.5, 0.6) is 0 Å². The molecule has 3 nitrogen and oxygen atoms in total. The van der Waals surface area contributed by atoms with Gasteiger partial charge in [-0.25, -0.2) is 4.68 Å². The lowest BCUT2D eigenvalue weighted by molar-refractivity contribution is 0.112. The number of aromatic nitrogens is 2. The van der Waals surface area contributed by atoms with Crippen molar-refractivity contribution in [2.75, 3.05) is 0 Å². The molecule has 0 saturated carbocycles. The predicted molar refractivity (Wildman–Crippen MR) is 87.1 cm³/mol. The molecule has 1 aromatic heterocycles. The van der Waals surface area contributed by atoms with Crippen molar-refractivity contribution in [3.05, 3.63) is 69.8 Å². The molecule has 3 rings (SSSR count). The number of nitrogens with zero attached hydrogens (tertiary/aromatic N) is 2. The highest BCUT2D eigenvalue weighted by molar-refractivity contribution is 9.10. The van der Waals surface area contributed by atoms with Gasteiger partial charge in [0.05, 0.1) is 11.3 Å². The lowest BCUT2D eigenvalue weighted by atomic mass is 10.1. The molecule has 0 aliphatic rings. The molecule has 1 heterocycles. The molecule has 0 amide bonds. The summed E-state index contributed by atoms with van der Waals surface area (Å²) in [6.45, 7) is 0. The Kier molecular flexibility index (Phi) is 3.90. The summed E-state index contributed by atoms with van der Waals surface area (Å²) in [5.74, 6) is 0. The normalized spacial score (nSPS) is 10.6. The Bertz CT molecular complexity index is 782. The van der Waals surface area contributed by atoms with Gasteiger partial charge in [-0.2, -0.15) is 5.10 Å². The SMILES string of the molecule is O=Cc1c(-c2ccccc2)nn(-c2ccc(Br)cc2)c1Cl. The van der Waals surface area contributed by atoms with Crippen molar-refractivity contribution < 1.29 is 4.79 Å². The molecule has 0 radical (unpaired) electrons. The van der Waals surface area contributed by atoms with Crippen molar-refractivity contribution >= 4 is 33.8 Å². The second kappa shape index (κ2) is 5.84. The Balaban J connectivity index is 2.18. The van der Waals surface area contributed by atoms with Crippen molar-refractivity contribution in [2.24, 2.45) is 0 Å². The van der Waals surface area contributed by atoms with Gasteiger partial charge in [0.25, 0.3) is 0 Å². The summed E-state index contributed by atoms with van der Waals surface area (Å²) in [5.41, 5.74) is 2.63. The molecule has 2 aromatic carbocycles. The van der Waals surface area contributed by atoms with E-state index in [9.17, 15) is 4.79 Å². The molecule has 0 atom stereocenters. The fourth-order valence-electron chi connectivity index (χ4n) is 2.08. The van der Waals surface area contributed by atoms with E-state index in [4.69, 9.17) is 11.6 Å². The number of carbonyl (C=O) groups is 1. The lowest BCUT2D eigenvalue weighted by Crippen LogP contribution is -1.96. The van der Waals surface area contributed by atoms with E-state index in [0.29, 0.717) is 16.4 Å². The Morgan fingerprint density at radius 1 is 1.05 bits per heavy atom. The molecular weight excluding hydrogens is 352 g/mol. The summed E-state index contributed by atoms with van der Waals surface area (Å²) in [6, 6.07) is 17.1. The zero-order valence-electron chi connectivity index (χ0n) is 10.8. The zero-order valence-corrected chi connectivity index (χ0v) is 13.2. The topological polar surface area (TPSA) is 34.9 Å². The van der Waals surface area contributed by atoms with E-state index in [1.165, 1.54) is 0 Å². The monoisotopic (exact) mass is 360 g/mol. The van der Waals surface area contributed by atoms with E-state index >= 15 is 0 Å². The minimum absolute atomic E-state index is 0.311. The molecule has 3 aromatic rings. The molecule has 104 valence electrons. The fraction of sp³-hybridized carbons (Fsp3) is 0. The third-order valence-corrected chi connectivity index (χ3v) is 3.99. The first-order chi connectivity index (χ1) is 10.2. The molecule has 0 fully saturated rings. The van der Waals surface area contributed by atoms with Crippen molar-refractivity contribution in [3.63, 3.8) is 0 Å². The first-order valence-electron chi connectivity index (χ1n) is 6.26. The number of hydrogen-bond acceptors (Lipinski definition) is 2. The van der Waals surface area contributed by atoms with Crippen molar-refractivity contribution in [1.29, 1.82) is 0 Å². The summed E-state index contributed by atoms with van der Waals surface area (Å²) in [6.07, 6.45) is 0.743. The highest BCUT2D eigenvalue weighted by Gasteiger charge is 2.18. The van der Waals surface area contributed by atoms with Gasteiger partial charge < -0.3 is 0 Å². The summed E-state index contributed by atoms with van der Waals surface area (Å²) < 4.78 is 2.54. The summed E-state index contributed by atoms with van der Waals surface area (Å²) >= 11 is 9.70. The number of hydrogen-bond donors (Lipinski definition) is 0. The number of benzene rings is 2. The van der Waals surface area contributed by atoms with Crippen LogP contribution >= 0.6 is 27.5 Å². The Morgan fingerprint density at radius 3 is 2.33 bits per heavy atom. The van der Waals surface area contributed by atoms with Crippen LogP contribution in [0.4, 0.5) is 0 Å². The second-order valence-corrected chi connectivity index (χ2v) is 5.70. The first-order valence-corrected chi connectivity index (χ1v) is 7.43. The molecule has 0 spiro atoms. The van der Waals surface area contributed by atoms with Gasteiger partial charge >= 0.3 is 0 Å². The van der Waals surface area contributed by atoms with Gasteiger partial charge in [-0.15, -0.1) is 0 Å². The molecule has 0 unspecified atom stereocenters. The smallest absolute Gasteiger partial charge is 0.155 e. The summed E-state index contributed by atoms with van der Waals surface area (Å²) in [7, 11) is 0. The van der Waals surface area contributed by atoms with Crippen LogP contribution in [0, 0.1) is 0 Å². The Labute approximate surface area is 135 Å².